The maximum Gasteiger partial charge on any atom is 0.237 e. The van der Waals surface area contributed by atoms with Crippen LogP contribution in [0.1, 0.15) is 23.8 Å². The monoisotopic (exact) mass is 1010 g/mol. The maximum absolute atomic E-state index is 14.1. The number of methoxy groups -OCH3 is 2. The molecule has 71 heavy (non-hydrogen) atoms. The summed E-state index contributed by atoms with van der Waals surface area (Å²) < 4.78 is 88.2. The molecule has 0 saturated carbocycles. The number of nitrogen functional groups attached to an aromatic ring is 2. The number of aromatic nitrogens is 4. The second-order valence-corrected chi connectivity index (χ2v) is 17.9. The SMILES string of the molecule is COc1ncc(-c2ccc3nc(N)c(C4OCCCO4)cc3c2)cc1NSc1ccc(F)cc1F.COc1ncc(-c2ccc3nc(N)c(CN4CCOCC4)cc3c2)cc1NSc1ccc(F)cc1F. The van der Waals surface area contributed by atoms with E-state index in [0.29, 0.717) is 53.5 Å². The topological polar surface area (TPSA) is 177 Å². The summed E-state index contributed by atoms with van der Waals surface area (Å²) in [6.07, 6.45) is 3.71. The molecule has 10 rings (SSSR count). The lowest BCUT2D eigenvalue weighted by Gasteiger charge is -2.27. The van der Waals surface area contributed by atoms with Crippen molar-refractivity contribution in [1.29, 1.82) is 0 Å². The Morgan fingerprint density at radius 1 is 0.620 bits per heavy atom. The van der Waals surface area contributed by atoms with Crippen molar-refractivity contribution in [2.45, 2.75) is 29.0 Å². The van der Waals surface area contributed by atoms with Crippen LogP contribution in [0.2, 0.25) is 0 Å². The van der Waals surface area contributed by atoms with Gasteiger partial charge in [-0.3, -0.25) is 4.90 Å². The lowest BCUT2D eigenvalue weighted by atomic mass is 10.0. The van der Waals surface area contributed by atoms with Crippen LogP contribution in [0.15, 0.2) is 119 Å². The number of ether oxygens (including phenoxy) is 5. The second-order valence-electron chi connectivity index (χ2n) is 16.2. The maximum atomic E-state index is 14.1. The van der Waals surface area contributed by atoms with Crippen LogP contribution in [0.5, 0.6) is 11.8 Å². The van der Waals surface area contributed by atoms with Crippen molar-refractivity contribution in [3.63, 3.8) is 0 Å². The van der Waals surface area contributed by atoms with Crippen LogP contribution < -0.4 is 30.4 Å². The number of rotatable bonds is 13. The van der Waals surface area contributed by atoms with Gasteiger partial charge in [-0.05, 0) is 114 Å². The number of halogens is 4. The Hall–Kier alpha value is -6.94. The van der Waals surface area contributed by atoms with Crippen molar-refractivity contribution in [1.82, 2.24) is 24.8 Å². The predicted octanol–water partition coefficient (Wildman–Crippen LogP) is 10.8. The van der Waals surface area contributed by atoms with E-state index in [2.05, 4.69) is 40.3 Å². The van der Waals surface area contributed by atoms with Crippen molar-refractivity contribution in [3.05, 3.63) is 144 Å². The number of nitrogens with zero attached hydrogens (tertiary/aromatic N) is 5. The Labute approximate surface area is 414 Å². The Morgan fingerprint density at radius 2 is 1.14 bits per heavy atom. The minimum atomic E-state index is -0.659. The summed E-state index contributed by atoms with van der Waals surface area (Å²) in [5.74, 6) is -0.962. The zero-order chi connectivity index (χ0) is 49.4. The van der Waals surface area contributed by atoms with E-state index in [9.17, 15) is 17.6 Å². The molecular formula is C51H47F4N9O5S2. The second kappa shape index (κ2) is 22.4. The third kappa shape index (κ3) is 11.8. The molecule has 2 saturated heterocycles. The molecule has 366 valence electrons. The zero-order valence-electron chi connectivity index (χ0n) is 38.4. The van der Waals surface area contributed by atoms with E-state index in [1.54, 1.807) is 12.4 Å². The first-order chi connectivity index (χ1) is 34.5. The Kier molecular flexibility index (Phi) is 15.5. The molecule has 0 aliphatic carbocycles. The fourth-order valence-corrected chi connectivity index (χ4v) is 9.13. The van der Waals surface area contributed by atoms with Crippen LogP contribution in [0, 0.1) is 23.3 Å². The van der Waals surface area contributed by atoms with E-state index < -0.39 is 29.6 Å². The minimum absolute atomic E-state index is 0.243. The molecule has 0 bridgehead atoms. The molecule has 0 atom stereocenters. The van der Waals surface area contributed by atoms with Crippen LogP contribution in [-0.2, 0) is 20.8 Å². The van der Waals surface area contributed by atoms with Gasteiger partial charge in [0.2, 0.25) is 11.8 Å². The molecule has 8 aromatic rings. The van der Waals surface area contributed by atoms with Crippen molar-refractivity contribution in [2.24, 2.45) is 0 Å². The average molecular weight is 1010 g/mol. The van der Waals surface area contributed by atoms with Gasteiger partial charge in [-0.15, -0.1) is 0 Å². The Bertz CT molecular complexity index is 3200. The number of pyridine rings is 4. The molecule has 0 spiro atoms. The lowest BCUT2D eigenvalue weighted by molar-refractivity contribution is -0.182. The summed E-state index contributed by atoms with van der Waals surface area (Å²) in [4.78, 5) is 20.7. The number of fused-ring (bicyclic) bond motifs is 2. The van der Waals surface area contributed by atoms with Gasteiger partial charge in [0.15, 0.2) is 6.29 Å². The van der Waals surface area contributed by atoms with Crippen LogP contribution in [-0.4, -0.2) is 78.6 Å². The van der Waals surface area contributed by atoms with Gasteiger partial charge in [0, 0.05) is 71.6 Å². The largest absolute Gasteiger partial charge is 0.480 e. The first-order valence-electron chi connectivity index (χ1n) is 22.3. The summed E-state index contributed by atoms with van der Waals surface area (Å²) in [6.45, 7) is 5.10. The van der Waals surface area contributed by atoms with Crippen molar-refractivity contribution in [3.8, 4) is 34.0 Å². The predicted molar refractivity (Wildman–Crippen MR) is 269 cm³/mol. The van der Waals surface area contributed by atoms with Crippen LogP contribution >= 0.6 is 23.9 Å². The van der Waals surface area contributed by atoms with E-state index in [1.807, 2.05) is 54.6 Å². The summed E-state index contributed by atoms with van der Waals surface area (Å²) >= 11 is 2.02. The Morgan fingerprint density at radius 3 is 1.66 bits per heavy atom. The van der Waals surface area contributed by atoms with Crippen LogP contribution in [0.3, 0.4) is 0 Å². The van der Waals surface area contributed by atoms with Gasteiger partial charge in [0.25, 0.3) is 0 Å². The first-order valence-corrected chi connectivity index (χ1v) is 23.9. The number of nitrogens with one attached hydrogen (secondary N) is 2. The van der Waals surface area contributed by atoms with E-state index >= 15 is 0 Å². The molecule has 0 unspecified atom stereocenters. The summed E-state index contributed by atoms with van der Waals surface area (Å²) in [5, 5.41) is 1.84. The molecule has 4 aromatic heterocycles. The highest BCUT2D eigenvalue weighted by Crippen LogP contribution is 2.37. The molecule has 6 N–H and O–H groups in total. The standard InChI is InChI=1S/C26H25F2N5O2S.C25H22F2N4O3S/c1-34-26-23(32-36-24-5-3-20(27)13-21(24)28)12-18(14-30-26)16-2-4-22-17(10-16)11-19(25(29)31-22)15-33-6-8-35-9-7-33;1-32-24-21(31-35-22-6-4-17(26)12-19(22)27)11-16(13-29-24)14-3-5-20-15(9-14)10-18(23(28)30-20)25-33-7-2-8-34-25/h2-5,10-14,32H,6-9,15H2,1H3,(H2,29,31);3-6,9-13,25,31H,2,7-8H2,1H3,(H2,28,30). The number of morpholine rings is 1. The molecule has 4 aromatic carbocycles. The van der Waals surface area contributed by atoms with Gasteiger partial charge in [0.1, 0.15) is 46.3 Å². The van der Waals surface area contributed by atoms with Crippen molar-refractivity contribution >= 4 is 68.7 Å². The molecule has 6 heterocycles. The zero-order valence-corrected chi connectivity index (χ0v) is 40.0. The van der Waals surface area contributed by atoms with E-state index in [0.717, 1.165) is 125 Å². The Balaban J connectivity index is 0.000000176. The third-order valence-corrected chi connectivity index (χ3v) is 13.2. The molecule has 2 aliphatic heterocycles. The normalized spacial score (nSPS) is 14.2. The van der Waals surface area contributed by atoms with E-state index in [4.69, 9.17) is 35.2 Å². The number of benzene rings is 4. The molecule has 14 nitrogen and oxygen atoms in total. The molecule has 2 aliphatic rings. The molecule has 0 radical (unpaired) electrons. The third-order valence-electron chi connectivity index (χ3n) is 11.5. The average Bonchev–Trinajstić information content (AvgIpc) is 3.38. The summed E-state index contributed by atoms with van der Waals surface area (Å²) in [6, 6.07) is 26.3. The molecule has 20 heteroatoms. The number of nitrogens with two attached hydrogens (primary N) is 2. The van der Waals surface area contributed by atoms with E-state index in [1.165, 1.54) is 38.5 Å². The highest BCUT2D eigenvalue weighted by atomic mass is 32.2. The first kappa shape index (κ1) is 49.1. The lowest BCUT2D eigenvalue weighted by Crippen LogP contribution is -2.35. The van der Waals surface area contributed by atoms with Crippen LogP contribution in [0.4, 0.5) is 40.6 Å². The smallest absolute Gasteiger partial charge is 0.237 e. The minimum Gasteiger partial charge on any atom is -0.480 e. The van der Waals surface area contributed by atoms with Gasteiger partial charge in [-0.1, -0.05) is 12.1 Å². The number of hydrogen-bond donors (Lipinski definition) is 4. The van der Waals surface area contributed by atoms with Gasteiger partial charge < -0.3 is 44.6 Å². The number of anilines is 4. The highest BCUT2D eigenvalue weighted by Gasteiger charge is 2.22. The van der Waals surface area contributed by atoms with Gasteiger partial charge in [-0.2, -0.15) is 0 Å². The molecular weight excluding hydrogens is 959 g/mol. The number of hydrogen-bond acceptors (Lipinski definition) is 16. The van der Waals surface area contributed by atoms with Gasteiger partial charge >= 0.3 is 0 Å². The van der Waals surface area contributed by atoms with Gasteiger partial charge in [-0.25, -0.2) is 37.5 Å². The molecule has 0 amide bonds. The van der Waals surface area contributed by atoms with Crippen molar-refractivity contribution in [2.75, 3.05) is 74.6 Å². The van der Waals surface area contributed by atoms with E-state index in [-0.39, 0.29) is 9.79 Å². The summed E-state index contributed by atoms with van der Waals surface area (Å²) in [5.41, 5.74) is 20.2. The molecule has 2 fully saturated rings. The quantitative estimate of drug-likeness (QED) is 0.0633. The fraction of sp³-hybridized carbons (Fsp3) is 0.216. The fourth-order valence-electron chi connectivity index (χ4n) is 7.81. The highest BCUT2D eigenvalue weighted by molar-refractivity contribution is 8.00. The van der Waals surface area contributed by atoms with Crippen molar-refractivity contribution < 1.29 is 41.2 Å². The van der Waals surface area contributed by atoms with Gasteiger partial charge in [0.05, 0.1) is 67.0 Å². The van der Waals surface area contributed by atoms with Crippen LogP contribution in [0.25, 0.3) is 44.1 Å². The summed E-state index contributed by atoms with van der Waals surface area (Å²) in [7, 11) is 3.01.